The van der Waals surface area contributed by atoms with Crippen molar-refractivity contribution in [3.63, 3.8) is 0 Å². The van der Waals surface area contributed by atoms with Crippen LogP contribution in [0.2, 0.25) is 5.02 Å². The van der Waals surface area contributed by atoms with Crippen LogP contribution in [0, 0.1) is 11.6 Å². The molecular weight excluding hydrogens is 1530 g/mol. The SMILES string of the molecule is C[C@@H](CN(CC(=O)NCCCCCCN)S(=O)(=O)c1ccc(-c2ccccc2Cl)cc1)c1ccccc1.C[C@@H](CN(CC(=O)NCc1ccc(CN)cc1)S(=O)(=O)c1ccc(-c2cccc(F)c2)cc1)c1ccccc1.C[C@@H](CN(CC(=O)NCc1cccc(CN)c1)S(=O)(=O)c1ccc(-c2ccccc2F)cc1)c1ccccc1. The van der Waals surface area contributed by atoms with Crippen LogP contribution in [0.1, 0.15) is 103 Å². The van der Waals surface area contributed by atoms with Gasteiger partial charge in [0.15, 0.2) is 0 Å². The van der Waals surface area contributed by atoms with Crippen molar-refractivity contribution < 1.29 is 48.4 Å². The molecule has 0 aliphatic heterocycles. The lowest BCUT2D eigenvalue weighted by molar-refractivity contribution is -0.122. The lowest BCUT2D eigenvalue weighted by Crippen LogP contribution is -2.42. The van der Waals surface area contributed by atoms with Crippen LogP contribution in [0.3, 0.4) is 0 Å². The molecule has 0 fully saturated rings. The second kappa shape index (κ2) is 43.9. The Morgan fingerprint density at radius 1 is 0.365 bits per heavy atom. The normalized spacial score (nSPS) is 12.3. The predicted molar refractivity (Wildman–Crippen MR) is 454 cm³/mol. The van der Waals surface area contributed by atoms with Gasteiger partial charge in [0.2, 0.25) is 47.8 Å². The molecule has 0 heterocycles. The van der Waals surface area contributed by atoms with Crippen molar-refractivity contribution in [3.05, 3.63) is 341 Å². The zero-order valence-electron chi connectivity index (χ0n) is 64.8. The Morgan fingerprint density at radius 2 is 0.748 bits per heavy atom. The fourth-order valence-electron chi connectivity index (χ4n) is 12.8. The molecule has 0 radical (unpaired) electrons. The van der Waals surface area contributed by atoms with E-state index in [1.54, 1.807) is 84.9 Å². The predicted octanol–water partition coefficient (Wildman–Crippen LogP) is 15.6. The Morgan fingerprint density at radius 3 is 1.19 bits per heavy atom. The van der Waals surface area contributed by atoms with Crippen LogP contribution in [0.5, 0.6) is 0 Å². The highest BCUT2D eigenvalue weighted by Gasteiger charge is 2.32. The molecular formula is C91H100ClF2N9O9S3. The second-order valence-electron chi connectivity index (χ2n) is 28.0. The molecule has 115 heavy (non-hydrogen) atoms. The van der Waals surface area contributed by atoms with Crippen LogP contribution in [-0.2, 0) is 70.6 Å². The molecule has 3 amide bonds. The first-order valence-corrected chi connectivity index (χ1v) is 42.8. The lowest BCUT2D eigenvalue weighted by atomic mass is 10.0. The van der Waals surface area contributed by atoms with Gasteiger partial charge in [-0.25, -0.2) is 34.0 Å². The first kappa shape index (κ1) is 88.5. The maximum Gasteiger partial charge on any atom is 0.243 e. The fourth-order valence-corrected chi connectivity index (χ4v) is 17.5. The Bertz CT molecular complexity index is 5280. The average Bonchev–Trinajstić information content (AvgIpc) is 0.803. The molecule has 9 N–H and O–H groups in total. The molecule has 11 aromatic rings. The number of benzene rings is 11. The topological polar surface area (TPSA) is 278 Å². The summed E-state index contributed by atoms with van der Waals surface area (Å²) in [5.41, 5.74) is 27.5. The summed E-state index contributed by atoms with van der Waals surface area (Å²) in [5, 5.41) is 9.12. The van der Waals surface area contributed by atoms with E-state index < -0.39 is 41.9 Å². The monoisotopic (exact) mass is 1630 g/mol. The maximum atomic E-state index is 14.2. The zero-order chi connectivity index (χ0) is 82.3. The van der Waals surface area contributed by atoms with E-state index in [9.17, 15) is 48.4 Å². The summed E-state index contributed by atoms with van der Waals surface area (Å²) in [6, 6.07) is 82.8. The number of unbranched alkanes of at least 4 members (excludes halogenated alkanes) is 3. The van der Waals surface area contributed by atoms with Crippen molar-refractivity contribution in [2.75, 3.05) is 52.4 Å². The lowest BCUT2D eigenvalue weighted by Gasteiger charge is -2.25. The number of amides is 3. The standard InChI is InChI=1S/2C31H32FN3O3S.C29H36ClN3O3S/c1-23(26-10-3-2-4-11-26)21-35(22-31(36)34-20-25-9-7-8-24(18-25)19-33)39(37,38)28-16-14-27(15-17-28)29-12-5-6-13-30(29)32;1-23(26-6-3-2-4-7-26)21-35(22-31(36)34-20-25-12-10-24(19-33)11-13-25)39(37,38)30-16-14-27(15-17-30)28-8-5-9-29(32)18-28;1-23(24-11-5-4-6-12-24)21-33(22-29(34)32-20-10-3-2-9-19-31)37(35,36)26-17-15-25(16-18-26)27-13-7-8-14-28(27)30/h2*2-18,23H,19-22,33H2,1H3,(H,34,36);4-8,11-18,23H,2-3,9-10,19-22,31H2,1H3,(H,32,34)/t3*23-/m000/s1. The van der Waals surface area contributed by atoms with E-state index in [0.29, 0.717) is 53.5 Å². The molecule has 0 aliphatic rings. The van der Waals surface area contributed by atoms with E-state index in [0.717, 1.165) is 75.8 Å². The number of nitrogens with one attached hydrogen (secondary N) is 3. The molecule has 3 atom stereocenters. The molecule has 0 unspecified atom stereocenters. The molecule has 0 spiro atoms. The van der Waals surface area contributed by atoms with Crippen LogP contribution in [0.4, 0.5) is 8.78 Å². The minimum Gasteiger partial charge on any atom is -0.355 e. The van der Waals surface area contributed by atoms with Crippen molar-refractivity contribution in [3.8, 4) is 33.4 Å². The van der Waals surface area contributed by atoms with Gasteiger partial charge in [0.1, 0.15) is 11.6 Å². The average molecular weight is 1630 g/mol. The van der Waals surface area contributed by atoms with Crippen molar-refractivity contribution in [2.45, 2.75) is 105 Å². The van der Waals surface area contributed by atoms with E-state index in [4.69, 9.17) is 28.8 Å². The molecule has 0 aliphatic carbocycles. The number of rotatable bonds is 36. The Balaban J connectivity index is 0.000000197. The number of halogens is 3. The number of hydrogen-bond donors (Lipinski definition) is 6. The Labute approximate surface area is 680 Å². The summed E-state index contributed by atoms with van der Waals surface area (Å²) in [5.74, 6) is -2.29. The van der Waals surface area contributed by atoms with Crippen molar-refractivity contribution >= 4 is 59.4 Å². The van der Waals surface area contributed by atoms with Gasteiger partial charge in [-0.3, -0.25) is 14.4 Å². The summed E-state index contributed by atoms with van der Waals surface area (Å²) < 4.78 is 114. The summed E-state index contributed by atoms with van der Waals surface area (Å²) in [4.78, 5) is 38.9. The van der Waals surface area contributed by atoms with Gasteiger partial charge in [0, 0.05) is 68.5 Å². The third-order valence-corrected chi connectivity index (χ3v) is 25.2. The van der Waals surface area contributed by atoms with Crippen LogP contribution >= 0.6 is 11.6 Å². The number of nitrogens with zero attached hydrogens (tertiary/aromatic N) is 3. The van der Waals surface area contributed by atoms with Gasteiger partial charge in [-0.05, 0) is 159 Å². The highest BCUT2D eigenvalue weighted by atomic mass is 35.5. The molecule has 0 saturated carbocycles. The van der Waals surface area contributed by atoms with E-state index in [-0.39, 0.29) is 102 Å². The first-order chi connectivity index (χ1) is 55.4. The summed E-state index contributed by atoms with van der Waals surface area (Å²) >= 11 is 6.31. The summed E-state index contributed by atoms with van der Waals surface area (Å²) in [6.07, 6.45) is 3.79. The molecule has 0 saturated heterocycles. The second-order valence-corrected chi connectivity index (χ2v) is 34.2. The summed E-state index contributed by atoms with van der Waals surface area (Å²) in [7, 11) is -12.0. The fraction of sp³-hybridized carbons (Fsp3) is 0.242. The first-order valence-electron chi connectivity index (χ1n) is 38.1. The van der Waals surface area contributed by atoms with Crippen molar-refractivity contribution in [2.24, 2.45) is 17.2 Å². The Hall–Kier alpha value is -10.4. The molecule has 18 nitrogen and oxygen atoms in total. The smallest absolute Gasteiger partial charge is 0.243 e. The van der Waals surface area contributed by atoms with Gasteiger partial charge in [-0.15, -0.1) is 0 Å². The molecule has 11 rings (SSSR count). The van der Waals surface area contributed by atoms with Crippen molar-refractivity contribution in [1.82, 2.24) is 28.9 Å². The molecule has 24 heteroatoms. The number of hydrogen-bond acceptors (Lipinski definition) is 12. The Kier molecular flexibility index (Phi) is 33.8. The van der Waals surface area contributed by atoms with Gasteiger partial charge < -0.3 is 33.2 Å². The maximum absolute atomic E-state index is 14.2. The van der Waals surface area contributed by atoms with E-state index in [1.165, 1.54) is 55.4 Å². The zero-order valence-corrected chi connectivity index (χ0v) is 68.0. The molecule has 11 aromatic carbocycles. The van der Waals surface area contributed by atoms with Crippen LogP contribution in [0.25, 0.3) is 33.4 Å². The highest BCUT2D eigenvalue weighted by molar-refractivity contribution is 7.89. The van der Waals surface area contributed by atoms with Gasteiger partial charge in [-0.1, -0.05) is 270 Å². The van der Waals surface area contributed by atoms with Gasteiger partial charge in [-0.2, -0.15) is 12.9 Å². The third kappa shape index (κ3) is 26.3. The highest BCUT2D eigenvalue weighted by Crippen LogP contribution is 2.32. The van der Waals surface area contributed by atoms with Gasteiger partial charge in [0.25, 0.3) is 0 Å². The van der Waals surface area contributed by atoms with Gasteiger partial charge >= 0.3 is 0 Å². The molecule has 602 valence electrons. The third-order valence-electron chi connectivity index (χ3n) is 19.4. The molecule has 0 aromatic heterocycles. The van der Waals surface area contributed by atoms with Gasteiger partial charge in [0.05, 0.1) is 34.3 Å². The van der Waals surface area contributed by atoms with Crippen molar-refractivity contribution in [1.29, 1.82) is 0 Å². The minimum atomic E-state index is -4.04. The summed E-state index contributed by atoms with van der Waals surface area (Å²) in [6.45, 7) is 7.85. The van der Waals surface area contributed by atoms with E-state index in [1.807, 2.05) is 178 Å². The minimum absolute atomic E-state index is 0.0336. The largest absolute Gasteiger partial charge is 0.355 e. The quantitative estimate of drug-likeness (QED) is 0.0200. The van der Waals surface area contributed by atoms with Crippen LogP contribution in [-0.4, -0.2) is 108 Å². The van der Waals surface area contributed by atoms with Crippen LogP contribution in [0.15, 0.2) is 300 Å². The number of carbonyl (C=O) groups excluding carboxylic acids is 3. The number of carbonyl (C=O) groups is 3. The van der Waals surface area contributed by atoms with E-state index in [2.05, 4.69) is 16.0 Å². The van der Waals surface area contributed by atoms with Crippen LogP contribution < -0.4 is 33.2 Å². The van der Waals surface area contributed by atoms with E-state index >= 15 is 0 Å². The molecule has 0 bridgehead atoms. The number of sulfonamides is 3. The number of nitrogens with two attached hydrogens (primary N) is 3.